The lowest BCUT2D eigenvalue weighted by Gasteiger charge is -2.26. The minimum Gasteiger partial charge on any atom is -0.459 e. The summed E-state index contributed by atoms with van der Waals surface area (Å²) < 4.78 is 19.4. The van der Waals surface area contributed by atoms with Gasteiger partial charge >= 0.3 is 11.9 Å². The number of carbonyl (C=O) groups is 1. The highest BCUT2D eigenvalue weighted by Crippen LogP contribution is 2.22. The normalized spacial score (nSPS) is 14.3. The molecule has 1 heterocycles. The second kappa shape index (κ2) is 5.97. The van der Waals surface area contributed by atoms with Crippen molar-refractivity contribution in [2.75, 3.05) is 20.3 Å². The van der Waals surface area contributed by atoms with Crippen molar-refractivity contribution in [2.24, 2.45) is 7.05 Å². The summed E-state index contributed by atoms with van der Waals surface area (Å²) in [6.07, 6.45) is 3.55. The van der Waals surface area contributed by atoms with Gasteiger partial charge in [0, 0.05) is 14.0 Å². The van der Waals surface area contributed by atoms with E-state index in [9.17, 15) is 4.79 Å². The summed E-state index contributed by atoms with van der Waals surface area (Å²) in [6, 6.07) is 0. The predicted octanol–water partition coefficient (Wildman–Crippen LogP) is 0.477. The molecule has 0 aromatic carbocycles. The molecule has 0 aliphatic carbocycles. The van der Waals surface area contributed by atoms with Crippen LogP contribution < -0.4 is 4.57 Å². The van der Waals surface area contributed by atoms with Gasteiger partial charge in [-0.05, 0) is 13.8 Å². The van der Waals surface area contributed by atoms with Gasteiger partial charge in [-0.15, -0.1) is 0 Å². The number of aryl methyl sites for hydroxylation is 1. The molecule has 0 bridgehead atoms. The van der Waals surface area contributed by atoms with Crippen molar-refractivity contribution < 1.29 is 23.6 Å². The maximum Gasteiger partial charge on any atom is 0.430 e. The molecule has 102 valence electrons. The topological polar surface area (TPSA) is 53.6 Å². The Bertz CT molecular complexity index is 416. The number of esters is 1. The van der Waals surface area contributed by atoms with E-state index < -0.39 is 11.9 Å². The van der Waals surface area contributed by atoms with E-state index in [0.29, 0.717) is 6.61 Å². The molecule has 1 aromatic heterocycles. The molecule has 18 heavy (non-hydrogen) atoms. The van der Waals surface area contributed by atoms with E-state index in [4.69, 9.17) is 14.2 Å². The summed E-state index contributed by atoms with van der Waals surface area (Å²) in [6.45, 7) is 6.00. The number of rotatable bonds is 6. The third-order valence-electron chi connectivity index (χ3n) is 2.77. The van der Waals surface area contributed by atoms with Crippen molar-refractivity contribution in [1.29, 1.82) is 0 Å². The van der Waals surface area contributed by atoms with Gasteiger partial charge in [0.25, 0.3) is 5.82 Å². The molecule has 0 aliphatic heterocycles. The monoisotopic (exact) mass is 257 g/mol. The van der Waals surface area contributed by atoms with Gasteiger partial charge in [-0.1, -0.05) is 0 Å². The summed E-state index contributed by atoms with van der Waals surface area (Å²) in [7, 11) is 3.30. The lowest BCUT2D eigenvalue weighted by molar-refractivity contribution is -0.678. The van der Waals surface area contributed by atoms with Crippen LogP contribution in [0.15, 0.2) is 12.4 Å². The first-order chi connectivity index (χ1) is 8.53. The Morgan fingerprint density at radius 2 is 2.11 bits per heavy atom. The molecule has 0 saturated carbocycles. The lowest BCUT2D eigenvalue weighted by atomic mass is 10.4. The smallest absolute Gasteiger partial charge is 0.430 e. The minimum atomic E-state index is -1.56. The van der Waals surface area contributed by atoms with Crippen molar-refractivity contribution in [2.45, 2.75) is 26.7 Å². The third-order valence-corrected chi connectivity index (χ3v) is 2.77. The van der Waals surface area contributed by atoms with Crippen LogP contribution in [0.3, 0.4) is 0 Å². The van der Waals surface area contributed by atoms with Crippen LogP contribution in [0.25, 0.3) is 0 Å². The Kier molecular flexibility index (Phi) is 4.86. The molecule has 6 heteroatoms. The molecule has 0 fully saturated rings. The van der Waals surface area contributed by atoms with Gasteiger partial charge in [-0.2, -0.15) is 4.57 Å². The molecule has 1 aromatic rings. The van der Waals surface area contributed by atoms with E-state index >= 15 is 0 Å². The van der Waals surface area contributed by atoms with Crippen molar-refractivity contribution in [3.05, 3.63) is 18.2 Å². The standard InChI is InChI=1S/C12H21N2O4/c1-6-17-11(15)12(16-5,18-7-2)14-9-8-13(4)10(14)3/h8-9H,6-7H2,1-5H3/q+1. The average molecular weight is 257 g/mol. The molecule has 6 nitrogen and oxygen atoms in total. The van der Waals surface area contributed by atoms with Gasteiger partial charge in [0.1, 0.15) is 12.4 Å². The number of ether oxygens (including phenoxy) is 3. The Hall–Kier alpha value is -1.40. The molecule has 0 spiro atoms. The molecular formula is C12H21N2O4+. The molecule has 1 atom stereocenters. The SMILES string of the molecule is CCOC(=O)C(OC)(OCC)n1cc[n+](C)c1C. The molecule has 1 rings (SSSR count). The summed E-state index contributed by atoms with van der Waals surface area (Å²) in [4.78, 5) is 12.1. The summed E-state index contributed by atoms with van der Waals surface area (Å²) in [5.74, 6) is -1.30. The van der Waals surface area contributed by atoms with Gasteiger partial charge in [0.15, 0.2) is 0 Å². The molecule has 0 saturated heterocycles. The fourth-order valence-electron chi connectivity index (χ4n) is 1.75. The largest absolute Gasteiger partial charge is 0.459 e. The molecule has 0 amide bonds. The maximum atomic E-state index is 12.1. The lowest BCUT2D eigenvalue weighted by Crippen LogP contribution is -2.49. The maximum absolute atomic E-state index is 12.1. The van der Waals surface area contributed by atoms with E-state index in [2.05, 4.69) is 0 Å². The van der Waals surface area contributed by atoms with Crippen LogP contribution in [0, 0.1) is 6.92 Å². The molecular weight excluding hydrogens is 236 g/mol. The highest BCUT2D eigenvalue weighted by atomic mass is 16.7. The van der Waals surface area contributed by atoms with Crippen molar-refractivity contribution in [1.82, 2.24) is 4.57 Å². The first-order valence-electron chi connectivity index (χ1n) is 5.93. The van der Waals surface area contributed by atoms with Crippen LogP contribution in [0.1, 0.15) is 19.7 Å². The highest BCUT2D eigenvalue weighted by Gasteiger charge is 2.50. The van der Waals surface area contributed by atoms with Crippen LogP contribution in [0.4, 0.5) is 0 Å². The van der Waals surface area contributed by atoms with Gasteiger partial charge in [0.05, 0.1) is 20.3 Å². The first kappa shape index (κ1) is 14.7. The molecule has 0 radical (unpaired) electrons. The minimum absolute atomic E-state index is 0.267. The molecule has 0 aliphatic rings. The van der Waals surface area contributed by atoms with Crippen LogP contribution in [0.5, 0.6) is 0 Å². The number of nitrogens with zero attached hydrogens (tertiary/aromatic N) is 2. The molecule has 1 unspecified atom stereocenters. The number of methoxy groups -OCH3 is 1. The zero-order valence-electron chi connectivity index (χ0n) is 11.6. The van der Waals surface area contributed by atoms with Crippen molar-refractivity contribution >= 4 is 5.97 Å². The summed E-state index contributed by atoms with van der Waals surface area (Å²) >= 11 is 0. The number of hydrogen-bond acceptors (Lipinski definition) is 4. The zero-order valence-corrected chi connectivity index (χ0v) is 11.6. The summed E-state index contributed by atoms with van der Waals surface area (Å²) in [5, 5.41) is 0. The second-order valence-electron chi connectivity index (χ2n) is 3.77. The quantitative estimate of drug-likeness (QED) is 0.422. The van der Waals surface area contributed by atoms with E-state index in [1.54, 1.807) is 24.6 Å². The molecule has 0 N–H and O–H groups in total. The Labute approximate surface area is 107 Å². The number of carbonyl (C=O) groups excluding carboxylic acids is 1. The van der Waals surface area contributed by atoms with Crippen LogP contribution in [-0.2, 0) is 32.0 Å². The van der Waals surface area contributed by atoms with E-state index in [-0.39, 0.29) is 6.61 Å². The fraction of sp³-hybridized carbons (Fsp3) is 0.667. The Balaban J connectivity index is 3.26. The van der Waals surface area contributed by atoms with E-state index in [1.165, 1.54) is 7.11 Å². The first-order valence-corrected chi connectivity index (χ1v) is 5.93. The van der Waals surface area contributed by atoms with E-state index in [0.717, 1.165) is 5.82 Å². The number of imidazole rings is 1. The van der Waals surface area contributed by atoms with Crippen molar-refractivity contribution in [3.63, 3.8) is 0 Å². The predicted molar refractivity (Wildman–Crippen MR) is 63.6 cm³/mol. The van der Waals surface area contributed by atoms with Gasteiger partial charge < -0.3 is 14.2 Å². The van der Waals surface area contributed by atoms with E-state index in [1.807, 2.05) is 24.7 Å². The van der Waals surface area contributed by atoms with Gasteiger partial charge in [-0.25, -0.2) is 9.36 Å². The second-order valence-corrected chi connectivity index (χ2v) is 3.77. The van der Waals surface area contributed by atoms with Gasteiger partial charge in [0.2, 0.25) is 0 Å². The highest BCUT2D eigenvalue weighted by molar-refractivity contribution is 5.75. The van der Waals surface area contributed by atoms with Crippen LogP contribution >= 0.6 is 0 Å². The average Bonchev–Trinajstić information content (AvgIpc) is 2.68. The van der Waals surface area contributed by atoms with Crippen LogP contribution in [0.2, 0.25) is 0 Å². The summed E-state index contributed by atoms with van der Waals surface area (Å²) in [5.41, 5.74) is 0. The number of aromatic nitrogens is 2. The van der Waals surface area contributed by atoms with Crippen LogP contribution in [-0.4, -0.2) is 30.9 Å². The zero-order chi connectivity index (χ0) is 13.8. The number of hydrogen-bond donors (Lipinski definition) is 0. The Morgan fingerprint density at radius 1 is 1.44 bits per heavy atom. The van der Waals surface area contributed by atoms with Crippen molar-refractivity contribution in [3.8, 4) is 0 Å². The fourth-order valence-corrected chi connectivity index (χ4v) is 1.75. The third kappa shape index (κ3) is 2.39. The van der Waals surface area contributed by atoms with Gasteiger partial charge in [-0.3, -0.25) is 0 Å². The Morgan fingerprint density at radius 3 is 2.50 bits per heavy atom.